The van der Waals surface area contributed by atoms with Gasteiger partial charge in [0.2, 0.25) is 0 Å². The molecule has 0 spiro atoms. The van der Waals surface area contributed by atoms with E-state index < -0.39 is 0 Å². The lowest BCUT2D eigenvalue weighted by Crippen LogP contribution is -2.19. The van der Waals surface area contributed by atoms with E-state index in [9.17, 15) is 0 Å². The van der Waals surface area contributed by atoms with Gasteiger partial charge in [0, 0.05) is 18.5 Å². The van der Waals surface area contributed by atoms with Crippen molar-refractivity contribution < 1.29 is 0 Å². The summed E-state index contributed by atoms with van der Waals surface area (Å²) < 4.78 is 0. The number of hydrogen-bond donors (Lipinski definition) is 1. The Labute approximate surface area is 65.8 Å². The number of amidine groups is 1. The number of hydrogen-bond acceptors (Lipinski definition) is 2. The van der Waals surface area contributed by atoms with Crippen LogP contribution in [0.15, 0.2) is 16.8 Å². The van der Waals surface area contributed by atoms with Crippen molar-refractivity contribution in [1.82, 2.24) is 5.32 Å². The van der Waals surface area contributed by atoms with E-state index in [0.29, 0.717) is 0 Å². The summed E-state index contributed by atoms with van der Waals surface area (Å²) in [6, 6.07) is 0. The van der Waals surface area contributed by atoms with Gasteiger partial charge in [-0.1, -0.05) is 11.8 Å². The van der Waals surface area contributed by atoms with Crippen LogP contribution >= 0.6 is 11.8 Å². The zero-order chi connectivity index (χ0) is 7.40. The van der Waals surface area contributed by atoms with Crippen molar-refractivity contribution in [3.8, 4) is 0 Å². The molecule has 1 rings (SSSR count). The lowest BCUT2D eigenvalue weighted by molar-refractivity contribution is 1.10. The average Bonchev–Trinajstić information content (AvgIpc) is 1.95. The van der Waals surface area contributed by atoms with Gasteiger partial charge in [0.15, 0.2) is 5.17 Å². The van der Waals surface area contributed by atoms with Crippen molar-refractivity contribution in [3.05, 3.63) is 11.8 Å². The van der Waals surface area contributed by atoms with Crippen molar-refractivity contribution in [3.63, 3.8) is 0 Å². The smallest absolute Gasteiger partial charge is 0.160 e. The van der Waals surface area contributed by atoms with Gasteiger partial charge in [-0.15, -0.1) is 0 Å². The van der Waals surface area contributed by atoms with Crippen molar-refractivity contribution in [1.29, 1.82) is 0 Å². The number of nitrogens with one attached hydrogen (secondary N) is 1. The molecule has 2 nitrogen and oxygen atoms in total. The van der Waals surface area contributed by atoms with E-state index in [1.165, 1.54) is 5.57 Å². The third-order valence-electron chi connectivity index (χ3n) is 1.18. The molecule has 1 aliphatic heterocycles. The monoisotopic (exact) mass is 156 g/mol. The molecule has 1 aliphatic rings. The van der Waals surface area contributed by atoms with Crippen LogP contribution in [0.4, 0.5) is 0 Å². The number of aliphatic imine (C=N–C) groups is 1. The largest absolute Gasteiger partial charge is 0.342 e. The maximum absolute atomic E-state index is 4.24. The van der Waals surface area contributed by atoms with Crippen LogP contribution in [0.1, 0.15) is 13.8 Å². The van der Waals surface area contributed by atoms with Crippen LogP contribution in [0.5, 0.6) is 0 Å². The number of nitrogens with zero attached hydrogens (tertiary/aromatic N) is 1. The fraction of sp³-hybridized carbons (Fsp3) is 0.571. The van der Waals surface area contributed by atoms with Gasteiger partial charge in [0.1, 0.15) is 0 Å². The molecule has 0 saturated heterocycles. The predicted octanol–water partition coefficient (Wildman–Crippen LogP) is 1.60. The fourth-order valence-corrected chi connectivity index (χ4v) is 1.50. The van der Waals surface area contributed by atoms with Crippen molar-refractivity contribution >= 4 is 16.9 Å². The van der Waals surface area contributed by atoms with E-state index >= 15 is 0 Å². The molecule has 56 valence electrons. The minimum atomic E-state index is 0.863. The molecule has 0 aromatic carbocycles. The first-order valence-corrected chi connectivity index (χ1v) is 4.41. The first-order valence-electron chi connectivity index (χ1n) is 3.42. The first-order chi connectivity index (χ1) is 4.83. The van der Waals surface area contributed by atoms with E-state index in [-0.39, 0.29) is 0 Å². The first kappa shape index (κ1) is 7.66. The molecule has 0 aromatic heterocycles. The van der Waals surface area contributed by atoms with E-state index in [2.05, 4.69) is 17.2 Å². The van der Waals surface area contributed by atoms with E-state index in [1.54, 1.807) is 11.8 Å². The average molecular weight is 156 g/mol. The topological polar surface area (TPSA) is 24.4 Å². The Kier molecular flexibility index (Phi) is 2.81. The summed E-state index contributed by atoms with van der Waals surface area (Å²) in [6.07, 6.45) is 2.02. The van der Waals surface area contributed by atoms with Crippen molar-refractivity contribution in [2.24, 2.45) is 4.99 Å². The maximum atomic E-state index is 4.24. The third kappa shape index (κ3) is 2.06. The Hall–Kier alpha value is -0.440. The SMILES string of the molecule is CCN=C1NC=C(C)CS1. The highest BCUT2D eigenvalue weighted by atomic mass is 32.2. The van der Waals surface area contributed by atoms with Crippen LogP contribution in [0.3, 0.4) is 0 Å². The summed E-state index contributed by atoms with van der Waals surface area (Å²) in [5.74, 6) is 1.08. The molecular formula is C7H12N2S. The number of thioether (sulfide) groups is 1. The summed E-state index contributed by atoms with van der Waals surface area (Å²) in [5, 5.41) is 4.17. The fourth-order valence-electron chi connectivity index (χ4n) is 0.685. The maximum Gasteiger partial charge on any atom is 0.160 e. The molecule has 0 amide bonds. The lowest BCUT2D eigenvalue weighted by Gasteiger charge is -2.11. The van der Waals surface area contributed by atoms with E-state index in [4.69, 9.17) is 0 Å². The van der Waals surface area contributed by atoms with Crippen LogP contribution in [0.25, 0.3) is 0 Å². The molecule has 0 radical (unpaired) electrons. The molecule has 0 unspecified atom stereocenters. The molecule has 1 heterocycles. The van der Waals surface area contributed by atoms with Crippen molar-refractivity contribution in [2.45, 2.75) is 13.8 Å². The van der Waals surface area contributed by atoms with Crippen LogP contribution in [0, 0.1) is 0 Å². The van der Waals surface area contributed by atoms with Gasteiger partial charge in [-0.2, -0.15) is 0 Å². The Morgan fingerprint density at radius 3 is 3.10 bits per heavy atom. The van der Waals surface area contributed by atoms with Gasteiger partial charge in [-0.25, -0.2) is 0 Å². The standard InChI is InChI=1S/C7H12N2S/c1-3-8-7-9-4-6(2)5-10-7/h4H,3,5H2,1-2H3,(H,8,9). The molecule has 0 fully saturated rings. The second-order valence-corrected chi connectivity index (χ2v) is 3.17. The minimum Gasteiger partial charge on any atom is -0.342 e. The molecule has 1 N–H and O–H groups in total. The molecule has 0 aromatic rings. The lowest BCUT2D eigenvalue weighted by atomic mass is 10.4. The predicted molar refractivity (Wildman–Crippen MR) is 47.3 cm³/mol. The van der Waals surface area contributed by atoms with Crippen LogP contribution < -0.4 is 5.32 Å². The van der Waals surface area contributed by atoms with Gasteiger partial charge in [-0.3, -0.25) is 4.99 Å². The van der Waals surface area contributed by atoms with Gasteiger partial charge in [0.25, 0.3) is 0 Å². The molecule has 0 aliphatic carbocycles. The molecule has 10 heavy (non-hydrogen) atoms. The van der Waals surface area contributed by atoms with E-state index in [0.717, 1.165) is 17.5 Å². The summed E-state index contributed by atoms with van der Waals surface area (Å²) in [6.45, 7) is 5.02. The van der Waals surface area contributed by atoms with Gasteiger partial charge in [0.05, 0.1) is 0 Å². The van der Waals surface area contributed by atoms with Crippen molar-refractivity contribution in [2.75, 3.05) is 12.3 Å². The Morgan fingerprint density at radius 1 is 1.80 bits per heavy atom. The molecule has 0 atom stereocenters. The van der Waals surface area contributed by atoms with Gasteiger partial charge < -0.3 is 5.32 Å². The third-order valence-corrected chi connectivity index (χ3v) is 2.30. The second kappa shape index (κ2) is 3.66. The quantitative estimate of drug-likeness (QED) is 0.623. The second-order valence-electron chi connectivity index (χ2n) is 2.20. The Bertz CT molecular complexity index is 172. The van der Waals surface area contributed by atoms with Crippen LogP contribution in [0.2, 0.25) is 0 Å². The summed E-state index contributed by atoms with van der Waals surface area (Å²) >= 11 is 1.77. The highest BCUT2D eigenvalue weighted by Crippen LogP contribution is 2.12. The zero-order valence-electron chi connectivity index (χ0n) is 6.35. The molecule has 0 saturated carbocycles. The summed E-state index contributed by atoms with van der Waals surface area (Å²) in [4.78, 5) is 4.24. The van der Waals surface area contributed by atoms with Crippen LogP contribution in [-0.4, -0.2) is 17.5 Å². The van der Waals surface area contributed by atoms with Gasteiger partial charge in [-0.05, 0) is 19.4 Å². The zero-order valence-corrected chi connectivity index (χ0v) is 7.16. The number of rotatable bonds is 1. The Balaban J connectivity index is 2.49. The molecular weight excluding hydrogens is 144 g/mol. The normalized spacial score (nSPS) is 22.2. The molecule has 3 heteroatoms. The van der Waals surface area contributed by atoms with Gasteiger partial charge >= 0.3 is 0 Å². The van der Waals surface area contributed by atoms with E-state index in [1.807, 2.05) is 13.1 Å². The van der Waals surface area contributed by atoms with Crippen LogP contribution in [-0.2, 0) is 0 Å². The highest BCUT2D eigenvalue weighted by Gasteiger charge is 2.03. The molecule has 0 bridgehead atoms. The minimum absolute atomic E-state index is 0.863. The summed E-state index contributed by atoms with van der Waals surface area (Å²) in [5.41, 5.74) is 1.38. The highest BCUT2D eigenvalue weighted by molar-refractivity contribution is 8.14. The summed E-state index contributed by atoms with van der Waals surface area (Å²) in [7, 11) is 0. The Morgan fingerprint density at radius 2 is 2.60 bits per heavy atom.